The van der Waals surface area contributed by atoms with Gasteiger partial charge in [0.2, 0.25) is 12.7 Å². The predicted octanol–water partition coefficient (Wildman–Crippen LogP) is 1.29. The van der Waals surface area contributed by atoms with Gasteiger partial charge in [-0.2, -0.15) is 0 Å². The first-order valence-electron chi connectivity index (χ1n) is 6.78. The maximum atomic E-state index is 2.37. The third kappa shape index (κ3) is 2.19. The lowest BCUT2D eigenvalue weighted by molar-refractivity contribution is -0.671. The summed E-state index contributed by atoms with van der Waals surface area (Å²) < 4.78 is 8.99. The van der Waals surface area contributed by atoms with Crippen LogP contribution in [0, 0.1) is 0 Å². The number of hydrogen-bond donors (Lipinski definition) is 0. The van der Waals surface area contributed by atoms with Gasteiger partial charge in [0.15, 0.2) is 0 Å². The molecule has 0 aliphatic heterocycles. The van der Waals surface area contributed by atoms with Crippen molar-refractivity contribution in [1.29, 1.82) is 0 Å². The Balaban J connectivity index is 1.76. The van der Waals surface area contributed by atoms with E-state index in [1.54, 1.807) is 0 Å². The third-order valence-electron chi connectivity index (χ3n) is 4.04. The summed E-state index contributed by atoms with van der Waals surface area (Å²) in [7, 11) is 4.17. The molecule has 2 unspecified atom stereocenters. The van der Waals surface area contributed by atoms with Crippen molar-refractivity contribution in [2.75, 3.05) is 0 Å². The molecule has 2 aromatic rings. The second-order valence-corrected chi connectivity index (χ2v) is 5.53. The van der Waals surface area contributed by atoms with Crippen molar-refractivity contribution in [3.8, 4) is 0 Å². The van der Waals surface area contributed by atoms with Crippen molar-refractivity contribution >= 4 is 0 Å². The minimum absolute atomic E-state index is 0.651. The molecule has 0 radical (unpaired) electrons. The molecule has 1 saturated carbocycles. The van der Waals surface area contributed by atoms with E-state index in [1.807, 2.05) is 0 Å². The molecule has 4 nitrogen and oxygen atoms in total. The molecule has 2 aromatic heterocycles. The second kappa shape index (κ2) is 4.59. The van der Waals surface area contributed by atoms with Crippen molar-refractivity contribution in [3.63, 3.8) is 0 Å². The van der Waals surface area contributed by atoms with Crippen molar-refractivity contribution < 1.29 is 9.13 Å². The monoisotopic (exact) mass is 246 g/mol. The molecule has 18 heavy (non-hydrogen) atoms. The standard InChI is InChI=1S/C14H22N4/c1-15-6-8-17(11-15)13-4-3-5-14(10-13)18-9-7-16(2)12-18/h6-9,11-14H,3-5,10H2,1-2H3/q+2. The van der Waals surface area contributed by atoms with Crippen LogP contribution in [0.5, 0.6) is 0 Å². The summed E-state index contributed by atoms with van der Waals surface area (Å²) in [5.74, 6) is 0. The highest BCUT2D eigenvalue weighted by molar-refractivity contribution is 4.85. The van der Waals surface area contributed by atoms with E-state index in [-0.39, 0.29) is 0 Å². The average Bonchev–Trinajstić information content (AvgIpc) is 2.98. The zero-order valence-electron chi connectivity index (χ0n) is 11.2. The highest BCUT2D eigenvalue weighted by Crippen LogP contribution is 2.34. The number of imidazole rings is 2. The van der Waals surface area contributed by atoms with Crippen molar-refractivity contribution in [1.82, 2.24) is 9.13 Å². The highest BCUT2D eigenvalue weighted by atomic mass is 15.1. The first-order chi connectivity index (χ1) is 8.72. The van der Waals surface area contributed by atoms with Gasteiger partial charge >= 0.3 is 0 Å². The summed E-state index contributed by atoms with van der Waals surface area (Å²) in [6.07, 6.45) is 18.2. The predicted molar refractivity (Wildman–Crippen MR) is 67.8 cm³/mol. The minimum atomic E-state index is 0.651. The van der Waals surface area contributed by atoms with Gasteiger partial charge in [-0.25, -0.2) is 18.3 Å². The molecule has 2 atom stereocenters. The smallest absolute Gasteiger partial charge is 0.240 e. The molecule has 1 aliphatic rings. The molecular weight excluding hydrogens is 224 g/mol. The fourth-order valence-corrected chi connectivity index (χ4v) is 3.05. The Labute approximate surface area is 108 Å². The number of rotatable bonds is 2. The van der Waals surface area contributed by atoms with Crippen LogP contribution in [0.2, 0.25) is 0 Å². The Morgan fingerprint density at radius 3 is 1.78 bits per heavy atom. The van der Waals surface area contributed by atoms with Gasteiger partial charge in [0.05, 0.1) is 14.1 Å². The fraction of sp³-hybridized carbons (Fsp3) is 0.571. The Hall–Kier alpha value is -1.58. The van der Waals surface area contributed by atoms with Crippen molar-refractivity contribution in [2.24, 2.45) is 14.1 Å². The van der Waals surface area contributed by atoms with Gasteiger partial charge in [0.1, 0.15) is 36.9 Å². The first-order valence-corrected chi connectivity index (χ1v) is 6.78. The molecule has 4 heteroatoms. The van der Waals surface area contributed by atoms with Gasteiger partial charge in [-0.15, -0.1) is 0 Å². The molecule has 0 bridgehead atoms. The van der Waals surface area contributed by atoms with Gasteiger partial charge in [0, 0.05) is 6.42 Å². The van der Waals surface area contributed by atoms with Crippen molar-refractivity contribution in [3.05, 3.63) is 37.4 Å². The van der Waals surface area contributed by atoms with Crippen LogP contribution in [0.15, 0.2) is 37.4 Å². The van der Waals surface area contributed by atoms with Crippen LogP contribution in [-0.4, -0.2) is 9.13 Å². The molecule has 3 rings (SSSR count). The van der Waals surface area contributed by atoms with E-state index in [0.29, 0.717) is 12.1 Å². The number of nitrogens with zero attached hydrogens (tertiary/aromatic N) is 4. The van der Waals surface area contributed by atoms with Crippen LogP contribution >= 0.6 is 0 Å². The molecule has 0 N–H and O–H groups in total. The van der Waals surface area contributed by atoms with E-state index in [2.05, 4.69) is 69.8 Å². The van der Waals surface area contributed by atoms with Gasteiger partial charge < -0.3 is 0 Å². The zero-order valence-corrected chi connectivity index (χ0v) is 11.2. The van der Waals surface area contributed by atoms with E-state index >= 15 is 0 Å². The quantitative estimate of drug-likeness (QED) is 0.711. The third-order valence-corrected chi connectivity index (χ3v) is 4.04. The summed E-state index contributed by atoms with van der Waals surface area (Å²) in [4.78, 5) is 0. The minimum Gasteiger partial charge on any atom is -0.240 e. The lowest BCUT2D eigenvalue weighted by Gasteiger charge is -2.24. The molecule has 0 aromatic carbocycles. The normalized spacial score (nSPS) is 24.3. The molecule has 1 fully saturated rings. The van der Waals surface area contributed by atoms with Crippen LogP contribution in [0.25, 0.3) is 0 Å². The van der Waals surface area contributed by atoms with Gasteiger partial charge in [-0.1, -0.05) is 0 Å². The largest absolute Gasteiger partial charge is 0.243 e. The average molecular weight is 246 g/mol. The van der Waals surface area contributed by atoms with Gasteiger partial charge in [-0.05, 0) is 19.3 Å². The molecule has 0 spiro atoms. The first kappa shape index (κ1) is 11.5. The number of aryl methyl sites for hydroxylation is 2. The van der Waals surface area contributed by atoms with E-state index in [4.69, 9.17) is 0 Å². The summed E-state index contributed by atoms with van der Waals surface area (Å²) in [5.41, 5.74) is 0. The van der Waals surface area contributed by atoms with Crippen LogP contribution in [0.4, 0.5) is 0 Å². The van der Waals surface area contributed by atoms with Gasteiger partial charge in [-0.3, -0.25) is 0 Å². The van der Waals surface area contributed by atoms with Crippen LogP contribution in [0.3, 0.4) is 0 Å². The summed E-state index contributed by atoms with van der Waals surface area (Å²) >= 11 is 0. The molecule has 1 aliphatic carbocycles. The summed E-state index contributed by atoms with van der Waals surface area (Å²) in [6.45, 7) is 0. The molecule has 96 valence electrons. The van der Waals surface area contributed by atoms with E-state index in [0.717, 1.165) is 0 Å². The van der Waals surface area contributed by atoms with E-state index in [9.17, 15) is 0 Å². The molecule has 0 saturated heterocycles. The SMILES string of the molecule is C[n+]1ccn(C2CCCC(n3cc[n+](C)c3)C2)c1. The maximum Gasteiger partial charge on any atom is 0.243 e. The fourth-order valence-electron chi connectivity index (χ4n) is 3.05. The zero-order chi connectivity index (χ0) is 12.5. The number of aromatic nitrogens is 4. The lowest BCUT2D eigenvalue weighted by Crippen LogP contribution is -2.27. The topological polar surface area (TPSA) is 17.6 Å². The lowest BCUT2D eigenvalue weighted by atomic mass is 9.91. The second-order valence-electron chi connectivity index (χ2n) is 5.53. The van der Waals surface area contributed by atoms with Crippen molar-refractivity contribution in [2.45, 2.75) is 37.8 Å². The van der Waals surface area contributed by atoms with Crippen LogP contribution in [0.1, 0.15) is 37.8 Å². The summed E-state index contributed by atoms with van der Waals surface area (Å²) in [5, 5.41) is 0. The summed E-state index contributed by atoms with van der Waals surface area (Å²) in [6, 6.07) is 1.30. The van der Waals surface area contributed by atoms with Gasteiger partial charge in [0.25, 0.3) is 0 Å². The highest BCUT2D eigenvalue weighted by Gasteiger charge is 2.29. The molecular formula is C14H22N4+2. The number of hydrogen-bond acceptors (Lipinski definition) is 0. The molecule has 2 heterocycles. The Morgan fingerprint density at radius 2 is 1.39 bits per heavy atom. The maximum absolute atomic E-state index is 2.37. The van der Waals surface area contributed by atoms with Crippen LogP contribution < -0.4 is 9.13 Å². The van der Waals surface area contributed by atoms with E-state index < -0.39 is 0 Å². The Kier molecular flexibility index (Phi) is 2.94. The Morgan fingerprint density at radius 1 is 0.889 bits per heavy atom. The molecule has 0 amide bonds. The van der Waals surface area contributed by atoms with Crippen LogP contribution in [-0.2, 0) is 14.1 Å². The van der Waals surface area contributed by atoms with E-state index in [1.165, 1.54) is 25.7 Å². The Bertz CT molecular complexity index is 479.